The first kappa shape index (κ1) is 32.1. The number of carboxylic acids is 1. The van der Waals surface area contributed by atoms with Crippen molar-refractivity contribution in [2.24, 2.45) is 0 Å². The fourth-order valence-corrected chi connectivity index (χ4v) is 3.99. The van der Waals surface area contributed by atoms with Gasteiger partial charge in [-0.15, -0.1) is 0 Å². The number of pyridine rings is 1. The lowest BCUT2D eigenvalue weighted by molar-refractivity contribution is -0.384. The zero-order valence-electron chi connectivity index (χ0n) is 22.0. The number of nitro groups is 1. The number of nitrogens with zero attached hydrogens (tertiary/aromatic N) is 6. The number of carboxylic acid groups (broad SMARTS) is 1. The Labute approximate surface area is 246 Å². The molecule has 0 aliphatic heterocycles. The Balaban J connectivity index is 0.000000616. The lowest BCUT2D eigenvalue weighted by atomic mass is 10.1. The van der Waals surface area contributed by atoms with Crippen LogP contribution in [0.5, 0.6) is 0 Å². The van der Waals surface area contributed by atoms with Gasteiger partial charge in [0.2, 0.25) is 11.8 Å². The van der Waals surface area contributed by atoms with Gasteiger partial charge in [-0.1, -0.05) is 23.2 Å². The molecule has 0 amide bonds. The van der Waals surface area contributed by atoms with Crippen molar-refractivity contribution in [1.82, 2.24) is 24.3 Å². The third-order valence-electron chi connectivity index (χ3n) is 5.24. The maximum absolute atomic E-state index is 10.9. The average molecular weight is 630 g/mol. The summed E-state index contributed by atoms with van der Waals surface area (Å²) in [5, 5.41) is 25.5. The zero-order valence-corrected chi connectivity index (χ0v) is 23.5. The van der Waals surface area contributed by atoms with Crippen molar-refractivity contribution in [1.29, 1.82) is 0 Å². The van der Waals surface area contributed by atoms with Gasteiger partial charge in [-0.2, -0.15) is 13.2 Å². The van der Waals surface area contributed by atoms with Gasteiger partial charge in [0.1, 0.15) is 11.5 Å². The van der Waals surface area contributed by atoms with E-state index >= 15 is 0 Å². The molecule has 0 spiro atoms. The van der Waals surface area contributed by atoms with Gasteiger partial charge in [0, 0.05) is 48.5 Å². The van der Waals surface area contributed by atoms with Gasteiger partial charge in [-0.05, 0) is 38.4 Å². The van der Waals surface area contributed by atoms with Crippen LogP contribution in [-0.2, 0) is 11.3 Å². The molecule has 0 aliphatic rings. The van der Waals surface area contributed by atoms with E-state index in [1.807, 2.05) is 41.7 Å². The third-order valence-corrected chi connectivity index (χ3v) is 5.79. The summed E-state index contributed by atoms with van der Waals surface area (Å²) in [4.78, 5) is 34.8. The van der Waals surface area contributed by atoms with Crippen molar-refractivity contribution in [3.05, 3.63) is 68.4 Å². The van der Waals surface area contributed by atoms with Gasteiger partial charge >= 0.3 is 17.8 Å². The van der Waals surface area contributed by atoms with E-state index in [1.165, 1.54) is 12.1 Å². The molecule has 3 aromatic heterocycles. The molecule has 13 nitrogen and oxygen atoms in total. The summed E-state index contributed by atoms with van der Waals surface area (Å²) < 4.78 is 33.6. The highest BCUT2D eigenvalue weighted by Crippen LogP contribution is 2.31. The molecule has 18 heteroatoms. The molecule has 0 aliphatic carbocycles. The average Bonchev–Trinajstić information content (AvgIpc) is 3.28. The second kappa shape index (κ2) is 13.5. The first-order valence-electron chi connectivity index (χ1n) is 11.8. The summed E-state index contributed by atoms with van der Waals surface area (Å²) in [5.74, 6) is -1.88. The van der Waals surface area contributed by atoms with Crippen LogP contribution >= 0.6 is 23.2 Å². The largest absolute Gasteiger partial charge is 0.490 e. The molecular formula is C24H24Cl2F3N9O4. The van der Waals surface area contributed by atoms with Crippen molar-refractivity contribution in [3.8, 4) is 11.3 Å². The van der Waals surface area contributed by atoms with E-state index < -0.39 is 17.1 Å². The lowest BCUT2D eigenvalue weighted by Gasteiger charge is -2.12. The summed E-state index contributed by atoms with van der Waals surface area (Å²) in [6, 6.07) is 9.97. The van der Waals surface area contributed by atoms with Crippen LogP contribution in [0.25, 0.3) is 16.9 Å². The minimum Gasteiger partial charge on any atom is -0.475 e. The first-order chi connectivity index (χ1) is 19.6. The number of aromatic nitrogens is 4. The van der Waals surface area contributed by atoms with Crippen LogP contribution in [-0.4, -0.2) is 73.6 Å². The van der Waals surface area contributed by atoms with Gasteiger partial charge in [0.25, 0.3) is 0 Å². The summed E-state index contributed by atoms with van der Waals surface area (Å²) >= 11 is 12.5. The topological polar surface area (TPSA) is 177 Å². The predicted molar refractivity (Wildman–Crippen MR) is 152 cm³/mol. The first-order valence-corrected chi connectivity index (χ1v) is 12.6. The van der Waals surface area contributed by atoms with Crippen molar-refractivity contribution in [3.63, 3.8) is 0 Å². The molecule has 0 atom stereocenters. The molecule has 4 aromatic rings. The van der Waals surface area contributed by atoms with E-state index in [0.29, 0.717) is 47.1 Å². The van der Waals surface area contributed by atoms with Gasteiger partial charge in [0.15, 0.2) is 0 Å². The van der Waals surface area contributed by atoms with Gasteiger partial charge in [0.05, 0.1) is 21.3 Å². The minimum absolute atomic E-state index is 0.143. The monoisotopic (exact) mass is 629 g/mol. The van der Waals surface area contributed by atoms with Crippen LogP contribution in [0.15, 0.2) is 42.6 Å². The van der Waals surface area contributed by atoms with Gasteiger partial charge < -0.3 is 26.4 Å². The third kappa shape index (κ3) is 8.55. The number of nitrogens with one attached hydrogen (secondary N) is 2. The van der Waals surface area contributed by atoms with E-state index in [9.17, 15) is 23.3 Å². The predicted octanol–water partition coefficient (Wildman–Crippen LogP) is 4.81. The zero-order chi connectivity index (χ0) is 31.2. The van der Waals surface area contributed by atoms with Gasteiger partial charge in [-0.25, -0.2) is 19.7 Å². The quantitative estimate of drug-likeness (QED) is 0.113. The Morgan fingerprint density at radius 3 is 2.36 bits per heavy atom. The number of fused-ring (bicyclic) bond motifs is 1. The Kier molecular flexibility index (Phi) is 10.3. The fourth-order valence-electron chi connectivity index (χ4n) is 3.48. The molecular weight excluding hydrogens is 606 g/mol. The van der Waals surface area contributed by atoms with E-state index in [4.69, 9.17) is 48.8 Å². The van der Waals surface area contributed by atoms with Crippen molar-refractivity contribution >= 4 is 58.1 Å². The van der Waals surface area contributed by atoms with Crippen molar-refractivity contribution < 1.29 is 28.0 Å². The Morgan fingerprint density at radius 2 is 1.79 bits per heavy atom. The normalized spacial score (nSPS) is 11.2. The number of hydrogen-bond donors (Lipinski definition) is 4. The van der Waals surface area contributed by atoms with Crippen LogP contribution in [0.1, 0.15) is 5.69 Å². The summed E-state index contributed by atoms with van der Waals surface area (Å²) in [5.41, 5.74) is 8.43. The molecule has 0 saturated heterocycles. The number of halogens is 5. The number of nitrogens with two attached hydrogens (primary N) is 1. The smallest absolute Gasteiger partial charge is 0.475 e. The number of benzene rings is 1. The lowest BCUT2D eigenvalue weighted by Crippen LogP contribution is -2.21. The highest BCUT2D eigenvalue weighted by Gasteiger charge is 2.38. The van der Waals surface area contributed by atoms with E-state index in [-0.39, 0.29) is 11.5 Å². The van der Waals surface area contributed by atoms with Crippen LogP contribution in [0.4, 0.5) is 36.4 Å². The number of aliphatic carboxylic acids is 1. The molecule has 3 heterocycles. The second-order valence-corrected chi connectivity index (χ2v) is 9.65. The highest BCUT2D eigenvalue weighted by molar-refractivity contribution is 6.36. The molecule has 0 bridgehead atoms. The number of anilines is 3. The number of alkyl halides is 3. The molecule has 1 aromatic carbocycles. The second-order valence-electron chi connectivity index (χ2n) is 8.80. The SMILES string of the molecule is CN(C)Cc1cn2c(NCCNc3ccc([N+](=O)[O-])c(N)n3)nc(-c3ccc(Cl)cc3Cl)cc2n1.O=C(O)C(F)(F)F. The van der Waals surface area contributed by atoms with Crippen LogP contribution < -0.4 is 16.4 Å². The maximum atomic E-state index is 10.9. The molecule has 42 heavy (non-hydrogen) atoms. The fraction of sp³-hybridized carbons (Fsp3) is 0.250. The molecule has 0 fully saturated rings. The molecule has 0 saturated carbocycles. The number of nitrogen functional groups attached to an aromatic ring is 1. The summed E-state index contributed by atoms with van der Waals surface area (Å²) in [6.45, 7) is 1.60. The van der Waals surface area contributed by atoms with Crippen LogP contribution in [0.2, 0.25) is 10.0 Å². The number of imidazole rings is 1. The molecule has 224 valence electrons. The summed E-state index contributed by atoms with van der Waals surface area (Å²) in [7, 11) is 3.95. The molecule has 0 radical (unpaired) electrons. The Bertz CT molecular complexity index is 1600. The molecule has 4 rings (SSSR count). The molecule has 0 unspecified atom stereocenters. The van der Waals surface area contributed by atoms with Crippen molar-refractivity contribution in [2.75, 3.05) is 43.6 Å². The van der Waals surface area contributed by atoms with Gasteiger partial charge in [-0.3, -0.25) is 14.5 Å². The molecule has 5 N–H and O–H groups in total. The van der Waals surface area contributed by atoms with Crippen molar-refractivity contribution in [2.45, 2.75) is 12.7 Å². The van der Waals surface area contributed by atoms with Crippen LogP contribution in [0.3, 0.4) is 0 Å². The highest BCUT2D eigenvalue weighted by atomic mass is 35.5. The van der Waals surface area contributed by atoms with E-state index in [0.717, 1.165) is 16.9 Å². The Hall–Kier alpha value is -4.41. The standard InChI is InChI=1S/C22H23Cl2N9O2.C2HF3O2/c1-31(2)11-14-12-32-20(28-14)10-17(15-4-3-13(23)9-16(15)24)29-22(32)27-8-7-26-19-6-5-18(33(34)35)21(25)30-19;3-2(4,5)1(6)7/h3-6,9-10,12H,7-8,11H2,1-2H3,(H,27,29)(H3,25,26,30);(H,6,7). The summed E-state index contributed by atoms with van der Waals surface area (Å²) in [6.07, 6.45) is -3.15. The Morgan fingerprint density at radius 1 is 1.12 bits per heavy atom. The maximum Gasteiger partial charge on any atom is 0.490 e. The number of hydrogen-bond acceptors (Lipinski definition) is 10. The van der Waals surface area contributed by atoms with E-state index in [2.05, 4.69) is 15.6 Å². The minimum atomic E-state index is -5.08. The number of rotatable bonds is 9. The van der Waals surface area contributed by atoms with Crippen LogP contribution in [0, 0.1) is 10.1 Å². The number of carbonyl (C=O) groups is 1. The van der Waals surface area contributed by atoms with E-state index in [1.54, 1.807) is 12.1 Å².